The number of allylic oxidation sites excluding steroid dienone is 2. The van der Waals surface area contributed by atoms with E-state index in [0.717, 1.165) is 21.7 Å². The quantitative estimate of drug-likeness (QED) is 0.188. The summed E-state index contributed by atoms with van der Waals surface area (Å²) in [6, 6.07) is 18.5. The molecule has 4 aromatic rings. The molecular formula is C28H21F4N3O2S. The summed E-state index contributed by atoms with van der Waals surface area (Å²) in [4.78, 5) is 21.1. The Kier molecular flexibility index (Phi) is 6.03. The molecule has 2 aliphatic rings. The van der Waals surface area contributed by atoms with E-state index in [0.29, 0.717) is 29.1 Å². The second-order valence-corrected chi connectivity index (χ2v) is 10.5. The topological polar surface area (TPSA) is 64.1 Å². The van der Waals surface area contributed by atoms with Crippen molar-refractivity contribution >= 4 is 27.7 Å². The zero-order chi connectivity index (χ0) is 26.5. The van der Waals surface area contributed by atoms with Crippen molar-refractivity contribution in [2.45, 2.75) is 30.0 Å². The Bertz CT molecular complexity index is 1540. The van der Waals surface area contributed by atoms with Gasteiger partial charge < -0.3 is 10.1 Å². The molecule has 5 nitrogen and oxygen atoms in total. The summed E-state index contributed by atoms with van der Waals surface area (Å²) >= 11 is 1.32. The standard InChI is InChI=1S/C28H21F4N3O2S/c29-21-13-16(17-12-19(33-14-17)15-37-26(36)28(30,31)32)6-7-20(21)24-34-22-8-9-23(35-25(22)38-24)27(10-11-27)18-4-2-1-3-5-18/h1-11,13,17,19,33H,12,14-15H2/t17-,19+/m1/s1. The summed E-state index contributed by atoms with van der Waals surface area (Å²) in [5.74, 6) is -2.76. The van der Waals surface area contributed by atoms with Gasteiger partial charge in [0.05, 0.1) is 11.1 Å². The molecule has 0 saturated carbocycles. The summed E-state index contributed by atoms with van der Waals surface area (Å²) < 4.78 is 56.6. The Balaban J connectivity index is 1.18. The van der Waals surface area contributed by atoms with Gasteiger partial charge in [0, 0.05) is 18.2 Å². The third-order valence-electron chi connectivity index (χ3n) is 6.99. The van der Waals surface area contributed by atoms with Crippen LogP contribution in [0.3, 0.4) is 0 Å². The van der Waals surface area contributed by atoms with Gasteiger partial charge in [0.2, 0.25) is 0 Å². The first-order valence-corrected chi connectivity index (χ1v) is 12.9. The molecule has 6 rings (SSSR count). The van der Waals surface area contributed by atoms with Crippen LogP contribution in [0.5, 0.6) is 0 Å². The van der Waals surface area contributed by atoms with Crippen molar-refractivity contribution < 1.29 is 27.1 Å². The Labute approximate surface area is 219 Å². The van der Waals surface area contributed by atoms with Crippen molar-refractivity contribution in [3.8, 4) is 10.6 Å². The van der Waals surface area contributed by atoms with Crippen molar-refractivity contribution in [1.82, 2.24) is 15.3 Å². The Morgan fingerprint density at radius 3 is 2.58 bits per heavy atom. The highest BCUT2D eigenvalue weighted by atomic mass is 32.1. The first-order valence-electron chi connectivity index (χ1n) is 12.0. The third kappa shape index (κ3) is 4.58. The molecule has 1 fully saturated rings. The minimum absolute atomic E-state index is 0.118. The molecule has 1 aliphatic carbocycles. The van der Waals surface area contributed by atoms with Crippen molar-refractivity contribution in [1.29, 1.82) is 0 Å². The third-order valence-corrected chi connectivity index (χ3v) is 7.99. The second kappa shape index (κ2) is 9.28. The summed E-state index contributed by atoms with van der Waals surface area (Å²) in [6.07, 6.45) is -0.374. The maximum atomic E-state index is 15.2. The van der Waals surface area contributed by atoms with Gasteiger partial charge in [0.1, 0.15) is 27.8 Å². The van der Waals surface area contributed by atoms with E-state index < -0.39 is 30.6 Å². The summed E-state index contributed by atoms with van der Waals surface area (Å²) in [7, 11) is 0. The van der Waals surface area contributed by atoms with Gasteiger partial charge in [0.15, 0.2) is 0 Å². The van der Waals surface area contributed by atoms with Crippen molar-refractivity contribution in [3.05, 3.63) is 95.5 Å². The number of thiazole rings is 1. The lowest BCUT2D eigenvalue weighted by molar-refractivity contribution is -0.200. The number of nitrogens with zero attached hydrogens (tertiary/aromatic N) is 2. The van der Waals surface area contributed by atoms with E-state index in [9.17, 15) is 18.0 Å². The summed E-state index contributed by atoms with van der Waals surface area (Å²) in [5, 5.41) is 3.56. The van der Waals surface area contributed by atoms with Gasteiger partial charge in [0.25, 0.3) is 0 Å². The Morgan fingerprint density at radius 1 is 1.08 bits per heavy atom. The van der Waals surface area contributed by atoms with E-state index in [1.807, 2.05) is 30.3 Å². The zero-order valence-electron chi connectivity index (χ0n) is 19.8. The number of alkyl halides is 3. The van der Waals surface area contributed by atoms with E-state index in [1.165, 1.54) is 17.4 Å². The molecule has 194 valence electrons. The zero-order valence-corrected chi connectivity index (χ0v) is 20.7. The number of fused-ring (bicyclic) bond motifs is 1. The second-order valence-electron chi connectivity index (χ2n) is 9.48. The fraction of sp³-hybridized carbons (Fsp3) is 0.250. The minimum atomic E-state index is -5.02. The van der Waals surface area contributed by atoms with Gasteiger partial charge >= 0.3 is 12.1 Å². The molecule has 0 unspecified atom stereocenters. The molecule has 2 aromatic heterocycles. The molecule has 10 heteroatoms. The number of esters is 1. The highest BCUT2D eigenvalue weighted by molar-refractivity contribution is 7.21. The predicted molar refractivity (Wildman–Crippen MR) is 135 cm³/mol. The molecule has 2 atom stereocenters. The molecule has 1 saturated heterocycles. The molecule has 3 heterocycles. The number of carbonyl (C=O) groups excluding carboxylic acids is 1. The molecule has 0 bridgehead atoms. The van der Waals surface area contributed by atoms with Gasteiger partial charge in [-0.3, -0.25) is 0 Å². The van der Waals surface area contributed by atoms with Gasteiger partial charge in [-0.15, -0.1) is 0 Å². The number of carbonyl (C=O) groups is 1. The van der Waals surface area contributed by atoms with E-state index >= 15 is 4.39 Å². The fourth-order valence-electron chi connectivity index (χ4n) is 4.89. The van der Waals surface area contributed by atoms with Crippen molar-refractivity contribution in [3.63, 3.8) is 0 Å². The molecule has 0 spiro atoms. The number of benzene rings is 2. The van der Waals surface area contributed by atoms with Crippen LogP contribution in [-0.4, -0.2) is 41.3 Å². The average Bonchev–Trinajstić information content (AvgIpc) is 3.39. The lowest BCUT2D eigenvalue weighted by atomic mass is 9.89. The molecule has 1 N–H and O–H groups in total. The molecule has 38 heavy (non-hydrogen) atoms. The van der Waals surface area contributed by atoms with Gasteiger partial charge in [-0.1, -0.05) is 59.9 Å². The van der Waals surface area contributed by atoms with Crippen LogP contribution < -0.4 is 5.32 Å². The van der Waals surface area contributed by atoms with Crippen molar-refractivity contribution in [2.24, 2.45) is 0 Å². The summed E-state index contributed by atoms with van der Waals surface area (Å²) in [6.45, 7) is 0.0508. The van der Waals surface area contributed by atoms with Crippen LogP contribution in [0.15, 0.2) is 72.8 Å². The normalized spacial score (nSPS) is 20.1. The maximum absolute atomic E-state index is 15.2. The van der Waals surface area contributed by atoms with Crippen LogP contribution in [0, 0.1) is 5.82 Å². The Morgan fingerprint density at radius 2 is 1.87 bits per heavy atom. The van der Waals surface area contributed by atoms with Crippen LogP contribution in [0.4, 0.5) is 17.6 Å². The fourth-order valence-corrected chi connectivity index (χ4v) is 5.85. The average molecular weight is 540 g/mol. The first-order chi connectivity index (χ1) is 18.2. The largest absolute Gasteiger partial charge is 0.490 e. The lowest BCUT2D eigenvalue weighted by Crippen LogP contribution is -2.32. The monoisotopic (exact) mass is 539 g/mol. The number of hydrogen-bond acceptors (Lipinski definition) is 6. The maximum Gasteiger partial charge on any atom is 0.490 e. The van der Waals surface area contributed by atoms with E-state index in [4.69, 9.17) is 4.98 Å². The van der Waals surface area contributed by atoms with Crippen LogP contribution in [-0.2, 0) is 14.9 Å². The molecule has 0 radical (unpaired) electrons. The van der Waals surface area contributed by atoms with E-state index in [1.54, 1.807) is 12.1 Å². The number of halogens is 4. The van der Waals surface area contributed by atoms with E-state index in [2.05, 4.69) is 39.3 Å². The molecule has 0 amide bonds. The number of pyridine rings is 1. The van der Waals surface area contributed by atoms with Crippen molar-refractivity contribution in [2.75, 3.05) is 13.2 Å². The van der Waals surface area contributed by atoms with Crippen LogP contribution in [0.2, 0.25) is 0 Å². The molecular weight excluding hydrogens is 518 g/mol. The SMILES string of the molecule is O=C(OC[C@@H]1C[C@@H](c2ccc(-c3nc4ccc(C5(c6ccccc6)C=C5)nc4s3)c(F)c2)CN1)C(F)(F)F. The van der Waals surface area contributed by atoms with Gasteiger partial charge in [-0.2, -0.15) is 13.2 Å². The number of nitrogens with one attached hydrogen (secondary N) is 1. The van der Waals surface area contributed by atoms with Crippen LogP contribution in [0.1, 0.15) is 29.2 Å². The Hall–Kier alpha value is -3.63. The highest BCUT2D eigenvalue weighted by Crippen LogP contribution is 2.45. The van der Waals surface area contributed by atoms with Crippen LogP contribution in [0.25, 0.3) is 20.9 Å². The number of ether oxygens (including phenoxy) is 1. The predicted octanol–water partition coefficient (Wildman–Crippen LogP) is 5.90. The van der Waals surface area contributed by atoms with Crippen LogP contribution >= 0.6 is 11.3 Å². The molecule has 1 aliphatic heterocycles. The van der Waals surface area contributed by atoms with Gasteiger partial charge in [-0.05, 0) is 47.7 Å². The first kappa shape index (κ1) is 24.7. The minimum Gasteiger partial charge on any atom is -0.457 e. The number of hydrogen-bond donors (Lipinski definition) is 1. The van der Waals surface area contributed by atoms with Gasteiger partial charge in [-0.25, -0.2) is 19.2 Å². The number of rotatable bonds is 6. The number of aromatic nitrogens is 2. The smallest absolute Gasteiger partial charge is 0.457 e. The molecule has 2 aromatic carbocycles. The summed E-state index contributed by atoms with van der Waals surface area (Å²) in [5.41, 5.74) is 3.49. The lowest BCUT2D eigenvalue weighted by Gasteiger charge is -2.15. The highest BCUT2D eigenvalue weighted by Gasteiger charge is 2.42. The van der Waals surface area contributed by atoms with E-state index in [-0.39, 0.29) is 11.3 Å².